The van der Waals surface area contributed by atoms with Gasteiger partial charge in [-0.15, -0.1) is 11.3 Å². The van der Waals surface area contributed by atoms with Crippen LogP contribution in [0.15, 0.2) is 35.7 Å². The number of likely N-dealkylation sites (tertiary alicyclic amines) is 1. The lowest BCUT2D eigenvalue weighted by molar-refractivity contribution is -0.143. The Balaban J connectivity index is 1.74. The average Bonchev–Trinajstić information content (AvgIpc) is 3.03. The number of aliphatic carboxylic acids is 1. The molecule has 1 atom stereocenters. The summed E-state index contributed by atoms with van der Waals surface area (Å²) >= 11 is 1.44. The molecule has 0 bridgehead atoms. The second-order valence-corrected chi connectivity index (χ2v) is 6.58. The molecule has 5 nitrogen and oxygen atoms in total. The zero-order valence-electron chi connectivity index (χ0n) is 12.6. The number of rotatable bonds is 4. The summed E-state index contributed by atoms with van der Waals surface area (Å²) < 4.78 is 0. The average molecular weight is 330 g/mol. The van der Waals surface area contributed by atoms with Gasteiger partial charge in [0.25, 0.3) is 5.91 Å². The lowest BCUT2D eigenvalue weighted by Gasteiger charge is -2.32. The topological polar surface area (TPSA) is 70.5 Å². The van der Waals surface area contributed by atoms with E-state index in [1.165, 1.54) is 16.2 Å². The minimum atomic E-state index is -0.933. The Hall–Kier alpha value is -2.21. The van der Waals surface area contributed by atoms with Crippen molar-refractivity contribution in [1.82, 2.24) is 9.88 Å². The van der Waals surface area contributed by atoms with Gasteiger partial charge in [0, 0.05) is 18.3 Å². The van der Waals surface area contributed by atoms with Gasteiger partial charge in [-0.05, 0) is 24.8 Å². The molecule has 1 aliphatic rings. The van der Waals surface area contributed by atoms with Crippen molar-refractivity contribution in [3.05, 3.63) is 52.0 Å². The Morgan fingerprint density at radius 1 is 1.26 bits per heavy atom. The van der Waals surface area contributed by atoms with Crippen LogP contribution in [-0.4, -0.2) is 39.5 Å². The number of amides is 1. The Bertz CT molecular complexity index is 699. The zero-order chi connectivity index (χ0) is 16.2. The summed E-state index contributed by atoms with van der Waals surface area (Å²) in [6.45, 7) is 0.487. The Morgan fingerprint density at radius 2 is 2.04 bits per heavy atom. The van der Waals surface area contributed by atoms with Crippen LogP contribution < -0.4 is 0 Å². The monoisotopic (exact) mass is 330 g/mol. The van der Waals surface area contributed by atoms with Crippen LogP contribution in [0.4, 0.5) is 0 Å². The molecule has 23 heavy (non-hydrogen) atoms. The molecule has 1 saturated heterocycles. The van der Waals surface area contributed by atoms with Crippen molar-refractivity contribution in [2.24, 2.45) is 0 Å². The molecule has 1 aliphatic heterocycles. The summed E-state index contributed by atoms with van der Waals surface area (Å²) in [7, 11) is 0. The Morgan fingerprint density at radius 3 is 2.78 bits per heavy atom. The first-order chi connectivity index (χ1) is 11.1. The van der Waals surface area contributed by atoms with E-state index >= 15 is 0 Å². The standard InChI is InChI=1S/C17H18N2O3S/c20-16(19-9-5-4-8-14(19)17(21)22)13-11-23-15(18-13)10-12-6-2-1-3-7-12/h1-3,6-7,11,14H,4-5,8-10H2,(H,21,22)/t14-/m1/s1. The molecule has 2 heterocycles. The molecule has 0 aliphatic carbocycles. The van der Waals surface area contributed by atoms with Gasteiger partial charge in [-0.1, -0.05) is 30.3 Å². The second kappa shape index (κ2) is 6.91. The van der Waals surface area contributed by atoms with Crippen LogP contribution in [-0.2, 0) is 11.2 Å². The van der Waals surface area contributed by atoms with E-state index in [1.807, 2.05) is 30.3 Å². The summed E-state index contributed by atoms with van der Waals surface area (Å²) in [5.74, 6) is -1.20. The number of hydrogen-bond donors (Lipinski definition) is 1. The minimum Gasteiger partial charge on any atom is -0.480 e. The van der Waals surface area contributed by atoms with Crippen molar-refractivity contribution in [3.8, 4) is 0 Å². The van der Waals surface area contributed by atoms with Gasteiger partial charge in [0.15, 0.2) is 0 Å². The molecule has 1 N–H and O–H groups in total. The molecule has 2 aromatic rings. The van der Waals surface area contributed by atoms with Crippen molar-refractivity contribution >= 4 is 23.2 Å². The highest BCUT2D eigenvalue weighted by Gasteiger charge is 2.33. The van der Waals surface area contributed by atoms with Gasteiger partial charge in [-0.3, -0.25) is 4.79 Å². The van der Waals surface area contributed by atoms with Gasteiger partial charge in [-0.2, -0.15) is 0 Å². The van der Waals surface area contributed by atoms with E-state index in [1.54, 1.807) is 5.38 Å². The first kappa shape index (κ1) is 15.7. The largest absolute Gasteiger partial charge is 0.480 e. The predicted molar refractivity (Wildman–Crippen MR) is 87.7 cm³/mol. The van der Waals surface area contributed by atoms with E-state index < -0.39 is 12.0 Å². The van der Waals surface area contributed by atoms with Crippen LogP contribution in [0.3, 0.4) is 0 Å². The Labute approximate surface area is 138 Å². The first-order valence-corrected chi connectivity index (χ1v) is 8.55. The normalized spacial score (nSPS) is 17.9. The molecular weight excluding hydrogens is 312 g/mol. The van der Waals surface area contributed by atoms with Crippen LogP contribution in [0.25, 0.3) is 0 Å². The molecule has 0 radical (unpaired) electrons. The smallest absolute Gasteiger partial charge is 0.326 e. The number of carboxylic acid groups (broad SMARTS) is 1. The lowest BCUT2D eigenvalue weighted by Crippen LogP contribution is -2.48. The molecule has 1 fully saturated rings. The molecular formula is C17H18N2O3S. The van der Waals surface area contributed by atoms with Gasteiger partial charge >= 0.3 is 5.97 Å². The minimum absolute atomic E-state index is 0.271. The molecule has 0 saturated carbocycles. The second-order valence-electron chi connectivity index (χ2n) is 5.64. The molecule has 6 heteroatoms. The van der Waals surface area contributed by atoms with Gasteiger partial charge in [0.2, 0.25) is 0 Å². The molecule has 3 rings (SSSR count). The summed E-state index contributed by atoms with van der Waals surface area (Å²) in [4.78, 5) is 29.8. The van der Waals surface area contributed by atoms with E-state index in [0.717, 1.165) is 23.4 Å². The SMILES string of the molecule is O=C(O)[C@H]1CCCCN1C(=O)c1csc(Cc2ccccc2)n1. The van der Waals surface area contributed by atoms with E-state index in [9.17, 15) is 14.7 Å². The van der Waals surface area contributed by atoms with Crippen LogP contribution in [0.2, 0.25) is 0 Å². The lowest BCUT2D eigenvalue weighted by atomic mass is 10.0. The number of carbonyl (C=O) groups excluding carboxylic acids is 1. The number of piperidine rings is 1. The number of carboxylic acids is 1. The highest BCUT2D eigenvalue weighted by molar-refractivity contribution is 7.09. The maximum absolute atomic E-state index is 12.6. The van der Waals surface area contributed by atoms with E-state index in [0.29, 0.717) is 25.1 Å². The molecule has 1 aromatic heterocycles. The quantitative estimate of drug-likeness (QED) is 0.936. The molecule has 1 aromatic carbocycles. The van der Waals surface area contributed by atoms with Gasteiger partial charge in [-0.25, -0.2) is 9.78 Å². The highest BCUT2D eigenvalue weighted by atomic mass is 32.1. The fourth-order valence-electron chi connectivity index (χ4n) is 2.84. The van der Waals surface area contributed by atoms with Crippen molar-refractivity contribution in [3.63, 3.8) is 0 Å². The molecule has 0 unspecified atom stereocenters. The van der Waals surface area contributed by atoms with Gasteiger partial charge in [0.05, 0.1) is 5.01 Å². The van der Waals surface area contributed by atoms with Crippen LogP contribution in [0.1, 0.15) is 40.3 Å². The number of carbonyl (C=O) groups is 2. The fraction of sp³-hybridized carbons (Fsp3) is 0.353. The van der Waals surface area contributed by atoms with E-state index in [-0.39, 0.29) is 5.91 Å². The van der Waals surface area contributed by atoms with Crippen LogP contribution in [0.5, 0.6) is 0 Å². The number of nitrogens with zero attached hydrogens (tertiary/aromatic N) is 2. The van der Waals surface area contributed by atoms with Gasteiger partial charge in [0.1, 0.15) is 11.7 Å². The molecule has 120 valence electrons. The van der Waals surface area contributed by atoms with Crippen molar-refractivity contribution < 1.29 is 14.7 Å². The van der Waals surface area contributed by atoms with E-state index in [2.05, 4.69) is 4.98 Å². The van der Waals surface area contributed by atoms with Gasteiger partial charge < -0.3 is 10.0 Å². The maximum Gasteiger partial charge on any atom is 0.326 e. The third-order valence-corrected chi connectivity index (χ3v) is 4.87. The van der Waals surface area contributed by atoms with Crippen molar-refractivity contribution in [2.75, 3.05) is 6.54 Å². The third kappa shape index (κ3) is 3.59. The maximum atomic E-state index is 12.6. The predicted octanol–water partition coefficient (Wildman–Crippen LogP) is 2.81. The van der Waals surface area contributed by atoms with Crippen molar-refractivity contribution in [2.45, 2.75) is 31.7 Å². The van der Waals surface area contributed by atoms with Crippen LogP contribution in [0, 0.1) is 0 Å². The fourth-order valence-corrected chi connectivity index (χ4v) is 3.64. The summed E-state index contributed by atoms with van der Waals surface area (Å²) in [5, 5.41) is 11.9. The summed E-state index contributed by atoms with van der Waals surface area (Å²) in [6, 6.07) is 9.22. The first-order valence-electron chi connectivity index (χ1n) is 7.67. The molecule has 1 amide bonds. The third-order valence-electron chi connectivity index (χ3n) is 4.02. The number of thiazole rings is 1. The van der Waals surface area contributed by atoms with Crippen molar-refractivity contribution in [1.29, 1.82) is 0 Å². The number of hydrogen-bond acceptors (Lipinski definition) is 4. The number of aromatic nitrogens is 1. The summed E-state index contributed by atoms with van der Waals surface area (Å²) in [6.07, 6.45) is 2.89. The van der Waals surface area contributed by atoms with Crippen LogP contribution >= 0.6 is 11.3 Å². The number of benzene rings is 1. The molecule has 0 spiro atoms. The Kier molecular flexibility index (Phi) is 4.71. The highest BCUT2D eigenvalue weighted by Crippen LogP contribution is 2.22. The zero-order valence-corrected chi connectivity index (χ0v) is 13.5. The van der Waals surface area contributed by atoms with E-state index in [4.69, 9.17) is 0 Å². The summed E-state index contributed by atoms with van der Waals surface area (Å²) in [5.41, 5.74) is 1.50.